The fraction of sp³-hybridized carbons (Fsp3) is 0.933. The van der Waals surface area contributed by atoms with Crippen molar-refractivity contribution < 1.29 is 4.74 Å². The Balaban J connectivity index is 1.72. The number of hydrogen-bond acceptors (Lipinski definition) is 4. The molecule has 3 atom stereocenters. The Kier molecular flexibility index (Phi) is 3.79. The van der Waals surface area contributed by atoms with E-state index in [2.05, 4.69) is 23.2 Å². The Hall–Kier alpha value is -0.630. The fourth-order valence-electron chi connectivity index (χ4n) is 3.91. The van der Waals surface area contributed by atoms with E-state index in [9.17, 15) is 5.26 Å². The highest BCUT2D eigenvalue weighted by Crippen LogP contribution is 2.41. The average molecular weight is 263 g/mol. The van der Waals surface area contributed by atoms with Crippen LogP contribution in [0.1, 0.15) is 39.0 Å². The van der Waals surface area contributed by atoms with Gasteiger partial charge in [-0.15, -0.1) is 0 Å². The molecule has 0 aromatic carbocycles. The van der Waals surface area contributed by atoms with Crippen LogP contribution in [0.5, 0.6) is 0 Å². The molecule has 106 valence electrons. The van der Waals surface area contributed by atoms with Crippen LogP contribution in [0, 0.1) is 17.2 Å². The normalized spacial score (nSPS) is 34.5. The third kappa shape index (κ3) is 2.52. The van der Waals surface area contributed by atoms with Crippen LogP contribution in [0.15, 0.2) is 0 Å². The maximum Gasteiger partial charge on any atom is 0.122 e. The van der Waals surface area contributed by atoms with Crippen molar-refractivity contribution in [3.05, 3.63) is 0 Å². The molecule has 0 spiro atoms. The van der Waals surface area contributed by atoms with Crippen molar-refractivity contribution in [2.24, 2.45) is 5.92 Å². The number of likely N-dealkylation sites (N-methyl/N-ethyl adjacent to an activating group) is 1. The van der Waals surface area contributed by atoms with Crippen molar-refractivity contribution >= 4 is 0 Å². The first kappa shape index (κ1) is 13.4. The molecule has 1 heterocycles. The summed E-state index contributed by atoms with van der Waals surface area (Å²) in [7, 11) is 0. The summed E-state index contributed by atoms with van der Waals surface area (Å²) < 4.78 is 5.87. The third-order valence-corrected chi connectivity index (χ3v) is 5.02. The summed E-state index contributed by atoms with van der Waals surface area (Å²) in [6, 6.07) is 3.17. The van der Waals surface area contributed by atoms with Crippen molar-refractivity contribution in [1.82, 2.24) is 10.2 Å². The SMILES string of the molecule is CCNC(C#N)(CN1CCOC2CCCC21)C1CC1. The van der Waals surface area contributed by atoms with Crippen LogP contribution in [0.3, 0.4) is 0 Å². The van der Waals surface area contributed by atoms with Gasteiger partial charge in [-0.25, -0.2) is 0 Å². The molecule has 0 aromatic heterocycles. The van der Waals surface area contributed by atoms with Gasteiger partial charge in [-0.2, -0.15) is 5.26 Å². The highest BCUT2D eigenvalue weighted by Gasteiger charge is 2.48. The molecular formula is C15H25N3O. The van der Waals surface area contributed by atoms with E-state index < -0.39 is 0 Å². The zero-order chi connectivity index (χ0) is 13.3. The predicted molar refractivity (Wildman–Crippen MR) is 73.7 cm³/mol. The van der Waals surface area contributed by atoms with Crippen LogP contribution < -0.4 is 5.32 Å². The number of nitrogens with zero attached hydrogens (tertiary/aromatic N) is 2. The number of fused-ring (bicyclic) bond motifs is 1. The molecule has 0 amide bonds. The van der Waals surface area contributed by atoms with Crippen molar-refractivity contribution in [1.29, 1.82) is 5.26 Å². The number of ether oxygens (including phenoxy) is 1. The lowest BCUT2D eigenvalue weighted by atomic mass is 9.92. The Labute approximate surface area is 116 Å². The molecular weight excluding hydrogens is 238 g/mol. The van der Waals surface area contributed by atoms with Gasteiger partial charge in [0, 0.05) is 19.1 Å². The lowest BCUT2D eigenvalue weighted by Gasteiger charge is -2.42. The van der Waals surface area contributed by atoms with E-state index in [1.54, 1.807) is 0 Å². The molecule has 3 unspecified atom stereocenters. The molecule has 19 heavy (non-hydrogen) atoms. The number of nitrogens with one attached hydrogen (secondary N) is 1. The Morgan fingerprint density at radius 1 is 1.37 bits per heavy atom. The minimum atomic E-state index is -0.320. The number of hydrogen-bond donors (Lipinski definition) is 1. The van der Waals surface area contributed by atoms with E-state index >= 15 is 0 Å². The second-order valence-corrected chi connectivity index (χ2v) is 6.27. The van der Waals surface area contributed by atoms with Crippen molar-refractivity contribution in [3.63, 3.8) is 0 Å². The molecule has 2 aliphatic carbocycles. The molecule has 1 N–H and O–H groups in total. The third-order valence-electron chi connectivity index (χ3n) is 5.02. The Bertz CT molecular complexity index is 363. The van der Waals surface area contributed by atoms with E-state index in [0.29, 0.717) is 18.1 Å². The maximum absolute atomic E-state index is 9.72. The Morgan fingerprint density at radius 3 is 2.89 bits per heavy atom. The predicted octanol–water partition coefficient (Wildman–Crippen LogP) is 1.52. The molecule has 4 nitrogen and oxygen atoms in total. The van der Waals surface area contributed by atoms with Gasteiger partial charge in [-0.05, 0) is 44.6 Å². The Morgan fingerprint density at radius 2 is 2.21 bits per heavy atom. The molecule has 3 fully saturated rings. The number of rotatable bonds is 5. The van der Waals surface area contributed by atoms with Gasteiger partial charge in [0.25, 0.3) is 0 Å². The van der Waals surface area contributed by atoms with E-state index in [1.807, 2.05) is 0 Å². The zero-order valence-corrected chi connectivity index (χ0v) is 11.9. The topological polar surface area (TPSA) is 48.3 Å². The van der Waals surface area contributed by atoms with Gasteiger partial charge in [0.05, 0.1) is 18.8 Å². The molecule has 0 aromatic rings. The summed E-state index contributed by atoms with van der Waals surface area (Å²) in [6.45, 7) is 5.68. The van der Waals surface area contributed by atoms with Crippen LogP contribution in [0.4, 0.5) is 0 Å². The van der Waals surface area contributed by atoms with Crippen molar-refractivity contribution in [3.8, 4) is 6.07 Å². The van der Waals surface area contributed by atoms with Gasteiger partial charge in [-0.1, -0.05) is 6.92 Å². The molecule has 3 aliphatic rings. The highest BCUT2D eigenvalue weighted by molar-refractivity contribution is 5.17. The average Bonchev–Trinajstić information content (AvgIpc) is 3.17. The summed E-state index contributed by atoms with van der Waals surface area (Å²) in [5, 5.41) is 13.2. The monoisotopic (exact) mass is 263 g/mol. The van der Waals surface area contributed by atoms with Gasteiger partial charge < -0.3 is 4.74 Å². The summed E-state index contributed by atoms with van der Waals surface area (Å²) in [4.78, 5) is 2.53. The van der Waals surface area contributed by atoms with Crippen LogP contribution in [0.25, 0.3) is 0 Å². The summed E-state index contributed by atoms with van der Waals surface area (Å²) in [5.74, 6) is 0.556. The molecule has 4 heteroatoms. The first-order valence-electron chi connectivity index (χ1n) is 7.81. The summed E-state index contributed by atoms with van der Waals surface area (Å²) in [5.41, 5.74) is -0.320. The maximum atomic E-state index is 9.72. The molecule has 1 saturated heterocycles. The van der Waals surface area contributed by atoms with E-state index in [4.69, 9.17) is 4.74 Å². The van der Waals surface area contributed by atoms with Gasteiger partial charge in [-0.3, -0.25) is 10.2 Å². The number of morpholine rings is 1. The van der Waals surface area contributed by atoms with Crippen molar-refractivity contribution in [2.75, 3.05) is 26.2 Å². The van der Waals surface area contributed by atoms with Crippen LogP contribution in [0.2, 0.25) is 0 Å². The lowest BCUT2D eigenvalue weighted by molar-refractivity contribution is -0.0621. The van der Waals surface area contributed by atoms with Gasteiger partial charge in [0.2, 0.25) is 0 Å². The zero-order valence-electron chi connectivity index (χ0n) is 11.9. The molecule has 1 aliphatic heterocycles. The number of nitriles is 1. The lowest BCUT2D eigenvalue weighted by Crippen LogP contribution is -2.59. The van der Waals surface area contributed by atoms with E-state index in [-0.39, 0.29) is 5.54 Å². The smallest absolute Gasteiger partial charge is 0.122 e. The van der Waals surface area contributed by atoms with Crippen LogP contribution in [-0.2, 0) is 4.74 Å². The molecule has 3 rings (SSSR count). The van der Waals surface area contributed by atoms with Gasteiger partial charge in [0.15, 0.2) is 0 Å². The largest absolute Gasteiger partial charge is 0.375 e. The first-order chi connectivity index (χ1) is 9.29. The van der Waals surface area contributed by atoms with E-state index in [0.717, 1.165) is 26.2 Å². The van der Waals surface area contributed by atoms with Gasteiger partial charge >= 0.3 is 0 Å². The first-order valence-corrected chi connectivity index (χ1v) is 7.81. The fourth-order valence-corrected chi connectivity index (χ4v) is 3.91. The van der Waals surface area contributed by atoms with Crippen LogP contribution in [-0.4, -0.2) is 48.8 Å². The summed E-state index contributed by atoms with van der Waals surface area (Å²) >= 11 is 0. The van der Waals surface area contributed by atoms with Crippen molar-refractivity contribution in [2.45, 2.75) is 56.7 Å². The molecule has 2 saturated carbocycles. The second-order valence-electron chi connectivity index (χ2n) is 6.27. The summed E-state index contributed by atoms with van der Waals surface area (Å²) in [6.07, 6.45) is 6.55. The highest BCUT2D eigenvalue weighted by atomic mass is 16.5. The molecule has 0 radical (unpaired) electrons. The molecule has 0 bridgehead atoms. The second kappa shape index (κ2) is 5.40. The van der Waals surface area contributed by atoms with E-state index in [1.165, 1.54) is 32.1 Å². The minimum absolute atomic E-state index is 0.320. The minimum Gasteiger partial charge on any atom is -0.375 e. The quantitative estimate of drug-likeness (QED) is 0.817. The van der Waals surface area contributed by atoms with Crippen LogP contribution >= 0.6 is 0 Å². The standard InChI is InChI=1S/C15H25N3O/c1-2-17-15(10-16,12-6-7-12)11-18-8-9-19-14-5-3-4-13(14)18/h12-14,17H,2-9,11H2,1H3. The van der Waals surface area contributed by atoms with Gasteiger partial charge in [0.1, 0.15) is 5.54 Å².